The quantitative estimate of drug-likeness (QED) is 0.631. The molecule has 0 atom stereocenters. The van der Waals surface area contributed by atoms with Crippen molar-refractivity contribution in [2.24, 2.45) is 0 Å². The van der Waals surface area contributed by atoms with Crippen LogP contribution in [0.1, 0.15) is 34.7 Å². The van der Waals surface area contributed by atoms with Gasteiger partial charge in [-0.2, -0.15) is 0 Å². The van der Waals surface area contributed by atoms with E-state index in [2.05, 4.69) is 34.4 Å². The first-order chi connectivity index (χ1) is 15.1. The normalized spacial score (nSPS) is 16.9. The first-order valence-corrected chi connectivity index (χ1v) is 10.4. The van der Waals surface area contributed by atoms with Gasteiger partial charge in [-0.15, -0.1) is 0 Å². The molecule has 1 saturated carbocycles. The van der Waals surface area contributed by atoms with E-state index in [0.717, 1.165) is 42.8 Å². The molecule has 0 unspecified atom stereocenters. The number of halogens is 1. The lowest BCUT2D eigenvalue weighted by Crippen LogP contribution is -2.41. The van der Waals surface area contributed by atoms with Crippen molar-refractivity contribution in [3.05, 3.63) is 47.8 Å². The van der Waals surface area contributed by atoms with Crippen LogP contribution in [-0.4, -0.2) is 60.3 Å². The van der Waals surface area contributed by atoms with Crippen LogP contribution in [0.25, 0.3) is 16.9 Å². The van der Waals surface area contributed by atoms with Crippen molar-refractivity contribution >= 4 is 11.6 Å². The lowest BCUT2D eigenvalue weighted by atomic mass is 9.93. The number of fused-ring (bicyclic) bond motifs is 1. The average molecular weight is 424 g/mol. The van der Waals surface area contributed by atoms with Gasteiger partial charge in [0.1, 0.15) is 22.7 Å². The van der Waals surface area contributed by atoms with Crippen molar-refractivity contribution in [1.29, 1.82) is 0 Å². The number of carbonyl (C=O) groups is 1. The molecule has 3 aromatic rings. The van der Waals surface area contributed by atoms with Crippen LogP contribution in [0.4, 0.5) is 4.39 Å². The Morgan fingerprint density at radius 2 is 2.03 bits per heavy atom. The van der Waals surface area contributed by atoms with Gasteiger partial charge in [0.15, 0.2) is 0 Å². The summed E-state index contributed by atoms with van der Waals surface area (Å²) in [6, 6.07) is 7.82. The second-order valence-electron chi connectivity index (χ2n) is 8.30. The van der Waals surface area contributed by atoms with Gasteiger partial charge in [0.05, 0.1) is 19.0 Å². The molecule has 31 heavy (non-hydrogen) atoms. The molecule has 1 N–H and O–H groups in total. The summed E-state index contributed by atoms with van der Waals surface area (Å²) in [5.74, 6) is 0.703. The molecule has 7 nitrogen and oxygen atoms in total. The van der Waals surface area contributed by atoms with Crippen molar-refractivity contribution in [2.45, 2.75) is 24.8 Å². The molecule has 0 spiro atoms. The van der Waals surface area contributed by atoms with Crippen LogP contribution in [0.2, 0.25) is 0 Å². The van der Waals surface area contributed by atoms with Gasteiger partial charge in [-0.3, -0.25) is 9.20 Å². The zero-order chi connectivity index (χ0) is 21.5. The van der Waals surface area contributed by atoms with Gasteiger partial charge in [0.2, 0.25) is 6.86 Å². The van der Waals surface area contributed by atoms with Gasteiger partial charge in [0, 0.05) is 36.8 Å². The van der Waals surface area contributed by atoms with Crippen LogP contribution in [0.5, 0.6) is 11.5 Å². The Morgan fingerprint density at radius 1 is 1.26 bits per heavy atom. The molecule has 1 aliphatic heterocycles. The van der Waals surface area contributed by atoms with Gasteiger partial charge in [0.25, 0.3) is 5.91 Å². The second kappa shape index (κ2) is 7.85. The minimum Gasteiger partial charge on any atom is -0.496 e. The van der Waals surface area contributed by atoms with Crippen molar-refractivity contribution in [1.82, 2.24) is 19.6 Å². The van der Waals surface area contributed by atoms with Crippen molar-refractivity contribution in [3.63, 3.8) is 0 Å². The predicted molar refractivity (Wildman–Crippen MR) is 115 cm³/mol. The topological polar surface area (TPSA) is 68.1 Å². The van der Waals surface area contributed by atoms with Crippen LogP contribution >= 0.6 is 0 Å². The lowest BCUT2D eigenvalue weighted by Gasteiger charge is -2.36. The van der Waals surface area contributed by atoms with Crippen LogP contribution in [0.15, 0.2) is 36.7 Å². The number of benzene rings is 1. The molecule has 1 amide bonds. The van der Waals surface area contributed by atoms with E-state index < -0.39 is 6.86 Å². The fourth-order valence-corrected chi connectivity index (χ4v) is 4.15. The molecule has 0 radical (unpaired) electrons. The van der Waals surface area contributed by atoms with E-state index >= 15 is 0 Å². The van der Waals surface area contributed by atoms with Crippen LogP contribution in [0, 0.1) is 0 Å². The number of nitrogens with zero attached hydrogens (tertiary/aromatic N) is 3. The smallest absolute Gasteiger partial charge is 0.259 e. The maximum absolute atomic E-state index is 13.1. The van der Waals surface area contributed by atoms with E-state index in [1.165, 1.54) is 12.7 Å². The number of pyridine rings is 1. The number of rotatable bonds is 7. The Hall–Kier alpha value is -3.13. The van der Waals surface area contributed by atoms with Crippen LogP contribution in [-0.2, 0) is 0 Å². The van der Waals surface area contributed by atoms with E-state index in [-0.39, 0.29) is 23.3 Å². The number of carbonyl (C=O) groups excluding carboxylic acids is 1. The Morgan fingerprint density at radius 3 is 2.71 bits per heavy atom. The molecule has 0 bridgehead atoms. The maximum atomic E-state index is 13.1. The molecule has 2 fully saturated rings. The molecule has 162 valence electrons. The van der Waals surface area contributed by atoms with Crippen LogP contribution < -0.4 is 14.8 Å². The molecule has 2 aromatic heterocycles. The van der Waals surface area contributed by atoms with E-state index in [1.807, 2.05) is 10.6 Å². The Bertz CT molecular complexity index is 1140. The highest BCUT2D eigenvalue weighted by molar-refractivity contribution is 6.01. The fraction of sp³-hybridized carbons (Fsp3) is 0.391. The third kappa shape index (κ3) is 3.72. The number of ether oxygens (including phenoxy) is 2. The summed E-state index contributed by atoms with van der Waals surface area (Å²) in [5.41, 5.74) is 3.86. The molecule has 3 heterocycles. The molecule has 1 aromatic carbocycles. The first kappa shape index (κ1) is 19.8. The third-order valence-corrected chi connectivity index (χ3v) is 6.00. The minimum atomic E-state index is -1.04. The zero-order valence-corrected chi connectivity index (χ0v) is 17.6. The van der Waals surface area contributed by atoms with E-state index in [9.17, 15) is 9.18 Å². The number of nitrogens with one attached hydrogen (secondary N) is 1. The second-order valence-corrected chi connectivity index (χ2v) is 8.30. The molecular formula is C23H25FN4O3. The SMILES string of the molecule is COc1cc(-c2cnc3cc(C4CN(C)C4)ccn23)cc(OCF)c1C(=O)NC1CC1. The summed E-state index contributed by atoms with van der Waals surface area (Å²) in [7, 11) is 3.60. The van der Waals surface area contributed by atoms with Crippen molar-refractivity contribution in [3.8, 4) is 22.8 Å². The van der Waals surface area contributed by atoms with Gasteiger partial charge in [-0.1, -0.05) is 0 Å². The molecule has 2 aliphatic rings. The molecule has 5 rings (SSSR count). The molecule has 8 heteroatoms. The van der Waals surface area contributed by atoms with Gasteiger partial charge < -0.3 is 19.7 Å². The highest BCUT2D eigenvalue weighted by Crippen LogP contribution is 2.37. The monoisotopic (exact) mass is 424 g/mol. The van der Waals surface area contributed by atoms with Gasteiger partial charge >= 0.3 is 0 Å². The highest BCUT2D eigenvalue weighted by Gasteiger charge is 2.29. The summed E-state index contributed by atoms with van der Waals surface area (Å²) < 4.78 is 25.8. The number of likely N-dealkylation sites (tertiary alicyclic amines) is 1. The predicted octanol–water partition coefficient (Wildman–Crippen LogP) is 3.24. The molecular weight excluding hydrogens is 399 g/mol. The van der Waals surface area contributed by atoms with Gasteiger partial charge in [-0.05, 0) is 49.7 Å². The van der Waals surface area contributed by atoms with Gasteiger partial charge in [-0.25, -0.2) is 9.37 Å². The van der Waals surface area contributed by atoms with Crippen LogP contribution in [0.3, 0.4) is 0 Å². The van der Waals surface area contributed by atoms with E-state index in [1.54, 1.807) is 18.3 Å². The number of likely N-dealkylation sites (N-methyl/N-ethyl adjacent to an activating group) is 1. The summed E-state index contributed by atoms with van der Waals surface area (Å²) in [5, 5.41) is 2.92. The Balaban J connectivity index is 1.54. The summed E-state index contributed by atoms with van der Waals surface area (Å²) in [6.45, 7) is 1.06. The number of methoxy groups -OCH3 is 1. The van der Waals surface area contributed by atoms with E-state index in [0.29, 0.717) is 11.7 Å². The zero-order valence-electron chi connectivity index (χ0n) is 17.6. The number of hydrogen-bond donors (Lipinski definition) is 1. The highest BCUT2D eigenvalue weighted by atomic mass is 19.1. The Labute approximate surface area is 179 Å². The summed E-state index contributed by atoms with van der Waals surface area (Å²) >= 11 is 0. The van der Waals surface area contributed by atoms with Crippen molar-refractivity contribution in [2.75, 3.05) is 34.1 Å². The largest absolute Gasteiger partial charge is 0.496 e. The van der Waals surface area contributed by atoms with Crippen molar-refractivity contribution < 1.29 is 18.7 Å². The minimum absolute atomic E-state index is 0.152. The number of amides is 1. The molecule has 1 aliphatic carbocycles. The number of alkyl halides is 1. The standard InChI is InChI=1S/C23H25FN4O3/c1-27-11-16(12-27)14-5-6-28-18(10-25-21(28)9-14)15-7-19(30-2)22(20(8-15)31-13-24)23(29)26-17-3-4-17/h5-10,16-17H,3-4,11-13H2,1-2H3,(H,26,29). The van der Waals surface area contributed by atoms with E-state index in [4.69, 9.17) is 9.47 Å². The number of imidazole rings is 1. The Kier molecular flexibility index (Phi) is 5.02. The number of aromatic nitrogens is 2. The number of hydrogen-bond acceptors (Lipinski definition) is 5. The first-order valence-electron chi connectivity index (χ1n) is 10.4. The average Bonchev–Trinajstić information content (AvgIpc) is 3.46. The third-order valence-electron chi connectivity index (χ3n) is 6.00. The summed E-state index contributed by atoms with van der Waals surface area (Å²) in [4.78, 5) is 19.6. The summed E-state index contributed by atoms with van der Waals surface area (Å²) in [6.07, 6.45) is 5.67. The maximum Gasteiger partial charge on any atom is 0.259 e. The molecule has 1 saturated heterocycles. The lowest BCUT2D eigenvalue weighted by molar-refractivity contribution is 0.0940. The fourth-order valence-electron chi connectivity index (χ4n) is 4.15.